The number of likely N-dealkylation sites (tertiary alicyclic amines) is 1. The van der Waals surface area contributed by atoms with Crippen LogP contribution in [0.2, 0.25) is 5.02 Å². The molecular weight excluding hydrogens is 470 g/mol. The van der Waals surface area contributed by atoms with Crippen LogP contribution in [0.3, 0.4) is 0 Å². The molecule has 1 heterocycles. The van der Waals surface area contributed by atoms with E-state index in [4.69, 9.17) is 26.8 Å². The Morgan fingerprint density at radius 2 is 1.73 bits per heavy atom. The third-order valence-corrected chi connectivity index (χ3v) is 7.43. The number of aryl methyl sites for hydroxylation is 1. The summed E-state index contributed by atoms with van der Waals surface area (Å²) in [5.74, 6) is -0.369. The number of methoxy groups -OCH3 is 2. The van der Waals surface area contributed by atoms with E-state index in [1.165, 1.54) is 32.4 Å². The SMILES string of the molecule is COc1cc(OC)c(NS(=O)(=O)c2cc(C(=O)N3CCC(C(N)=O)CC3)ccc2C)cc1Cl. The van der Waals surface area contributed by atoms with Gasteiger partial charge in [-0.2, -0.15) is 0 Å². The number of anilines is 1. The fraction of sp³-hybridized carbons (Fsp3) is 0.364. The van der Waals surface area contributed by atoms with E-state index in [1.807, 2.05) is 0 Å². The second kappa shape index (κ2) is 9.88. The summed E-state index contributed by atoms with van der Waals surface area (Å²) in [5.41, 5.74) is 6.18. The van der Waals surface area contributed by atoms with Gasteiger partial charge in [0, 0.05) is 30.6 Å². The van der Waals surface area contributed by atoms with Crippen LogP contribution < -0.4 is 19.9 Å². The molecule has 1 aliphatic rings. The molecule has 2 aromatic rings. The quantitative estimate of drug-likeness (QED) is 0.607. The molecule has 0 saturated carbocycles. The first-order chi connectivity index (χ1) is 15.6. The second-order valence-electron chi connectivity index (χ2n) is 7.74. The van der Waals surface area contributed by atoms with E-state index < -0.39 is 10.0 Å². The number of ether oxygens (including phenoxy) is 2. The predicted molar refractivity (Wildman–Crippen MR) is 124 cm³/mol. The third-order valence-electron chi connectivity index (χ3n) is 5.63. The van der Waals surface area contributed by atoms with Gasteiger partial charge < -0.3 is 20.1 Å². The monoisotopic (exact) mass is 495 g/mol. The minimum absolute atomic E-state index is 0.0469. The van der Waals surface area contributed by atoms with E-state index in [2.05, 4.69) is 4.72 Å². The summed E-state index contributed by atoms with van der Waals surface area (Å²) in [6.07, 6.45) is 0.968. The number of sulfonamides is 1. The Bertz CT molecular complexity index is 1180. The molecule has 0 bridgehead atoms. The van der Waals surface area contributed by atoms with Gasteiger partial charge in [-0.25, -0.2) is 8.42 Å². The predicted octanol–water partition coefficient (Wildman–Crippen LogP) is 2.80. The van der Waals surface area contributed by atoms with Crippen molar-refractivity contribution in [3.63, 3.8) is 0 Å². The maximum absolute atomic E-state index is 13.2. The lowest BCUT2D eigenvalue weighted by atomic mass is 9.96. The molecule has 2 aromatic carbocycles. The van der Waals surface area contributed by atoms with Gasteiger partial charge in [-0.05, 0) is 43.5 Å². The summed E-state index contributed by atoms with van der Waals surface area (Å²) in [7, 11) is -1.25. The standard InChI is InChI=1S/C22H26ClN3O6S/c1-13-4-5-15(22(28)26-8-6-14(7-9-26)21(24)27)10-20(13)33(29,30)25-17-11-16(23)18(31-2)12-19(17)32-3/h4-5,10-12,14,25H,6-9H2,1-3H3,(H2,24,27). The fourth-order valence-corrected chi connectivity index (χ4v) is 5.29. The van der Waals surface area contributed by atoms with Crippen molar-refractivity contribution in [3.05, 3.63) is 46.5 Å². The first-order valence-corrected chi connectivity index (χ1v) is 12.1. The highest BCUT2D eigenvalue weighted by Gasteiger charge is 2.28. The Morgan fingerprint density at radius 1 is 1.09 bits per heavy atom. The number of hydrogen-bond donors (Lipinski definition) is 2. The zero-order chi connectivity index (χ0) is 24.3. The number of benzene rings is 2. The molecule has 1 aliphatic heterocycles. The number of nitrogens with two attached hydrogens (primary N) is 1. The van der Waals surface area contributed by atoms with E-state index in [0.717, 1.165) is 0 Å². The highest BCUT2D eigenvalue weighted by atomic mass is 35.5. The third kappa shape index (κ3) is 5.33. The Kier molecular flexibility index (Phi) is 7.38. The van der Waals surface area contributed by atoms with Crippen LogP contribution in [0.1, 0.15) is 28.8 Å². The number of carbonyl (C=O) groups is 2. The number of carbonyl (C=O) groups excluding carboxylic acids is 2. The van der Waals surface area contributed by atoms with Crippen molar-refractivity contribution in [1.29, 1.82) is 0 Å². The zero-order valence-electron chi connectivity index (χ0n) is 18.6. The van der Waals surface area contributed by atoms with E-state index in [9.17, 15) is 18.0 Å². The van der Waals surface area contributed by atoms with Crippen molar-refractivity contribution in [2.24, 2.45) is 11.7 Å². The molecule has 0 radical (unpaired) electrons. The average Bonchev–Trinajstić information content (AvgIpc) is 2.78. The number of primary amides is 1. The fourth-order valence-electron chi connectivity index (χ4n) is 3.71. The van der Waals surface area contributed by atoms with Crippen LogP contribution in [-0.2, 0) is 14.8 Å². The minimum atomic E-state index is -4.08. The summed E-state index contributed by atoms with van der Waals surface area (Å²) in [6, 6.07) is 7.38. The lowest BCUT2D eigenvalue weighted by Gasteiger charge is -2.30. The van der Waals surface area contributed by atoms with Gasteiger partial charge in [-0.3, -0.25) is 14.3 Å². The zero-order valence-corrected chi connectivity index (χ0v) is 20.1. The minimum Gasteiger partial charge on any atom is -0.495 e. The molecule has 11 heteroatoms. The highest BCUT2D eigenvalue weighted by molar-refractivity contribution is 7.92. The molecule has 0 atom stereocenters. The Labute approximate surface area is 197 Å². The largest absolute Gasteiger partial charge is 0.495 e. The van der Waals surface area contributed by atoms with Gasteiger partial charge in [-0.1, -0.05) is 17.7 Å². The summed E-state index contributed by atoms with van der Waals surface area (Å²) < 4.78 is 39.3. The molecule has 0 aliphatic carbocycles. The Hall–Kier alpha value is -2.98. The molecule has 9 nitrogen and oxygen atoms in total. The Balaban J connectivity index is 1.88. The smallest absolute Gasteiger partial charge is 0.262 e. The molecule has 0 aromatic heterocycles. The average molecular weight is 496 g/mol. The van der Waals surface area contributed by atoms with Crippen LogP contribution in [0, 0.1) is 12.8 Å². The van der Waals surface area contributed by atoms with Crippen LogP contribution >= 0.6 is 11.6 Å². The molecule has 1 saturated heterocycles. The Morgan fingerprint density at radius 3 is 2.30 bits per heavy atom. The van der Waals surface area contributed by atoms with Gasteiger partial charge in [0.05, 0.1) is 29.8 Å². The molecule has 0 unspecified atom stereocenters. The van der Waals surface area contributed by atoms with Crippen molar-refractivity contribution >= 4 is 39.1 Å². The number of amides is 2. The van der Waals surface area contributed by atoms with Gasteiger partial charge in [-0.15, -0.1) is 0 Å². The van der Waals surface area contributed by atoms with Crippen molar-refractivity contribution in [1.82, 2.24) is 4.90 Å². The van der Waals surface area contributed by atoms with Crippen LogP contribution in [0.25, 0.3) is 0 Å². The van der Waals surface area contributed by atoms with Gasteiger partial charge >= 0.3 is 0 Å². The van der Waals surface area contributed by atoms with Crippen molar-refractivity contribution < 1.29 is 27.5 Å². The molecule has 33 heavy (non-hydrogen) atoms. The van der Waals surface area contributed by atoms with Gasteiger partial charge in [0.2, 0.25) is 5.91 Å². The van der Waals surface area contributed by atoms with Crippen LogP contribution in [-0.4, -0.2) is 52.4 Å². The molecule has 178 valence electrons. The number of nitrogens with zero attached hydrogens (tertiary/aromatic N) is 1. The lowest BCUT2D eigenvalue weighted by Crippen LogP contribution is -2.41. The van der Waals surface area contributed by atoms with E-state index in [1.54, 1.807) is 24.0 Å². The van der Waals surface area contributed by atoms with Crippen LogP contribution in [0.4, 0.5) is 5.69 Å². The molecule has 0 spiro atoms. The lowest BCUT2D eigenvalue weighted by molar-refractivity contribution is -0.123. The molecule has 3 N–H and O–H groups in total. The van der Waals surface area contributed by atoms with Crippen LogP contribution in [0.5, 0.6) is 11.5 Å². The molecule has 2 amide bonds. The van der Waals surface area contributed by atoms with Gasteiger partial charge in [0.25, 0.3) is 15.9 Å². The van der Waals surface area contributed by atoms with Crippen molar-refractivity contribution in [3.8, 4) is 11.5 Å². The maximum Gasteiger partial charge on any atom is 0.262 e. The van der Waals surface area contributed by atoms with Crippen LogP contribution in [0.15, 0.2) is 35.2 Å². The molecule has 1 fully saturated rings. The van der Waals surface area contributed by atoms with Crippen molar-refractivity contribution in [2.75, 3.05) is 32.0 Å². The van der Waals surface area contributed by atoms with Crippen molar-refractivity contribution in [2.45, 2.75) is 24.7 Å². The normalized spacial score (nSPS) is 14.6. The molecular formula is C22H26ClN3O6S. The second-order valence-corrected chi connectivity index (χ2v) is 9.80. The number of hydrogen-bond acceptors (Lipinski definition) is 6. The highest BCUT2D eigenvalue weighted by Crippen LogP contribution is 2.37. The van der Waals surface area contributed by atoms with Gasteiger partial charge in [0.1, 0.15) is 11.5 Å². The summed E-state index contributed by atoms with van der Waals surface area (Å²) in [5, 5.41) is 0.205. The topological polar surface area (TPSA) is 128 Å². The number of nitrogens with one attached hydrogen (secondary N) is 1. The number of halogens is 1. The maximum atomic E-state index is 13.2. The first-order valence-electron chi connectivity index (χ1n) is 10.2. The molecule has 3 rings (SSSR count). The summed E-state index contributed by atoms with van der Waals surface area (Å²) >= 11 is 6.15. The first kappa shape index (κ1) is 24.7. The summed E-state index contributed by atoms with van der Waals surface area (Å²) in [6.45, 7) is 2.39. The van der Waals surface area contributed by atoms with E-state index in [-0.39, 0.29) is 44.7 Å². The summed E-state index contributed by atoms with van der Waals surface area (Å²) in [4.78, 5) is 25.9. The number of piperidine rings is 1. The van der Waals surface area contributed by atoms with Gasteiger partial charge in [0.15, 0.2) is 0 Å². The number of rotatable bonds is 7. The van der Waals surface area contributed by atoms with E-state index >= 15 is 0 Å². The van der Waals surface area contributed by atoms with E-state index in [0.29, 0.717) is 37.2 Å².